The summed E-state index contributed by atoms with van der Waals surface area (Å²) in [7, 11) is 1.64. The van der Waals surface area contributed by atoms with Gasteiger partial charge >= 0.3 is 0 Å². The van der Waals surface area contributed by atoms with E-state index in [4.69, 9.17) is 9.47 Å². The van der Waals surface area contributed by atoms with Crippen molar-refractivity contribution in [1.82, 2.24) is 10.2 Å². The molecular formula is C20H24N2O3S. The molecule has 4 unspecified atom stereocenters. The molecule has 3 saturated heterocycles. The van der Waals surface area contributed by atoms with Crippen molar-refractivity contribution in [3.05, 3.63) is 42.0 Å². The Kier molecular flexibility index (Phi) is 4.87. The van der Waals surface area contributed by atoms with Crippen molar-refractivity contribution in [2.45, 2.75) is 31.8 Å². The summed E-state index contributed by atoms with van der Waals surface area (Å²) in [5.74, 6) is 1.32. The summed E-state index contributed by atoms with van der Waals surface area (Å²) < 4.78 is 11.0. The zero-order valence-corrected chi connectivity index (χ0v) is 15.9. The van der Waals surface area contributed by atoms with E-state index < -0.39 is 0 Å². The van der Waals surface area contributed by atoms with Crippen molar-refractivity contribution >= 4 is 17.2 Å². The summed E-state index contributed by atoms with van der Waals surface area (Å²) in [6, 6.07) is 12.0. The molecule has 6 heteroatoms. The number of carbonyl (C=O) groups is 1. The molecule has 5 rings (SSSR count). The summed E-state index contributed by atoms with van der Waals surface area (Å²) in [5.41, 5.74) is 0.672. The molecule has 0 spiro atoms. The van der Waals surface area contributed by atoms with Crippen LogP contribution in [-0.4, -0.2) is 43.1 Å². The third kappa shape index (κ3) is 3.57. The normalized spacial score (nSPS) is 27.2. The van der Waals surface area contributed by atoms with Gasteiger partial charge in [0.1, 0.15) is 5.75 Å². The SMILES string of the molecule is COc1ccc(Oc2ccc(C(=O)NC3CN4CCC3CC4C)cc2)s1. The fourth-order valence-corrected chi connectivity index (χ4v) is 4.66. The second-order valence-electron chi connectivity index (χ2n) is 7.11. The molecule has 3 aliphatic rings. The molecule has 0 aliphatic carbocycles. The van der Waals surface area contributed by atoms with E-state index in [1.54, 1.807) is 7.11 Å². The van der Waals surface area contributed by atoms with Gasteiger partial charge in [0, 0.05) is 24.2 Å². The number of hydrogen-bond donors (Lipinski definition) is 1. The number of nitrogens with zero attached hydrogens (tertiary/aromatic N) is 1. The van der Waals surface area contributed by atoms with Crippen LogP contribution >= 0.6 is 11.3 Å². The number of hydrogen-bond acceptors (Lipinski definition) is 5. The maximum absolute atomic E-state index is 12.6. The van der Waals surface area contributed by atoms with E-state index in [9.17, 15) is 4.79 Å². The molecule has 1 aromatic heterocycles. The lowest BCUT2D eigenvalue weighted by molar-refractivity contribution is 0.0274. The Balaban J connectivity index is 1.36. The first-order chi connectivity index (χ1) is 12.6. The Morgan fingerprint density at radius 3 is 2.58 bits per heavy atom. The van der Waals surface area contributed by atoms with Crippen molar-refractivity contribution in [2.75, 3.05) is 20.2 Å². The Labute approximate surface area is 157 Å². The predicted molar refractivity (Wildman–Crippen MR) is 102 cm³/mol. The average Bonchev–Trinajstić information content (AvgIpc) is 3.11. The molecule has 138 valence electrons. The number of rotatable bonds is 5. The number of benzene rings is 1. The maximum Gasteiger partial charge on any atom is 0.251 e. The molecule has 1 aromatic carbocycles. The van der Waals surface area contributed by atoms with Gasteiger partial charge in [0.15, 0.2) is 10.1 Å². The molecule has 1 N–H and O–H groups in total. The fourth-order valence-electron chi connectivity index (χ4n) is 3.97. The van der Waals surface area contributed by atoms with Crippen LogP contribution in [0.5, 0.6) is 15.9 Å². The number of methoxy groups -OCH3 is 1. The first-order valence-electron chi connectivity index (χ1n) is 9.09. The summed E-state index contributed by atoms with van der Waals surface area (Å²) in [6.07, 6.45) is 2.37. The molecule has 4 heterocycles. The minimum atomic E-state index is 0.000691. The number of piperidine rings is 3. The predicted octanol–water partition coefficient (Wildman–Crippen LogP) is 3.76. The zero-order chi connectivity index (χ0) is 18.1. The quantitative estimate of drug-likeness (QED) is 0.868. The number of carbonyl (C=O) groups excluding carboxylic acids is 1. The van der Waals surface area contributed by atoms with Gasteiger partial charge in [-0.1, -0.05) is 11.3 Å². The maximum atomic E-state index is 12.6. The number of ether oxygens (including phenoxy) is 2. The van der Waals surface area contributed by atoms with Gasteiger partial charge in [-0.25, -0.2) is 0 Å². The summed E-state index contributed by atoms with van der Waals surface area (Å²) in [5, 5.41) is 4.80. The highest BCUT2D eigenvalue weighted by molar-refractivity contribution is 7.15. The van der Waals surface area contributed by atoms with Crippen LogP contribution in [0.4, 0.5) is 0 Å². The van der Waals surface area contributed by atoms with Crippen molar-refractivity contribution in [2.24, 2.45) is 5.92 Å². The van der Waals surface area contributed by atoms with Crippen LogP contribution in [0.15, 0.2) is 36.4 Å². The van der Waals surface area contributed by atoms with Gasteiger partial charge in [0.05, 0.1) is 7.11 Å². The van der Waals surface area contributed by atoms with Crippen LogP contribution < -0.4 is 14.8 Å². The lowest BCUT2D eigenvalue weighted by Crippen LogP contribution is -2.60. The van der Waals surface area contributed by atoms with Gasteiger partial charge in [-0.2, -0.15) is 0 Å². The standard InChI is InChI=1S/C20H24N2O3S/c1-13-11-15-9-10-22(13)12-17(15)21-20(23)14-3-5-16(6-4-14)25-19-8-7-18(24-2)26-19/h3-8,13,15,17H,9-12H2,1-2H3,(H,21,23). The molecule has 4 atom stereocenters. The Bertz CT molecular complexity index is 774. The van der Waals surface area contributed by atoms with Crippen molar-refractivity contribution < 1.29 is 14.3 Å². The highest BCUT2D eigenvalue weighted by atomic mass is 32.1. The summed E-state index contributed by atoms with van der Waals surface area (Å²) in [6.45, 7) is 4.42. The highest BCUT2D eigenvalue weighted by Crippen LogP contribution is 2.34. The van der Waals surface area contributed by atoms with Crippen LogP contribution in [0, 0.1) is 5.92 Å². The first kappa shape index (κ1) is 17.4. The molecule has 2 aromatic rings. The largest absolute Gasteiger partial charge is 0.487 e. The number of fused-ring (bicyclic) bond motifs is 3. The summed E-state index contributed by atoms with van der Waals surface area (Å²) in [4.78, 5) is 15.1. The Hall–Kier alpha value is -2.05. The van der Waals surface area contributed by atoms with Crippen LogP contribution in [0.25, 0.3) is 0 Å². The van der Waals surface area contributed by atoms with E-state index in [-0.39, 0.29) is 11.9 Å². The van der Waals surface area contributed by atoms with Crippen molar-refractivity contribution in [3.8, 4) is 15.9 Å². The lowest BCUT2D eigenvalue weighted by atomic mass is 9.80. The van der Waals surface area contributed by atoms with Gasteiger partial charge in [-0.3, -0.25) is 9.69 Å². The average molecular weight is 372 g/mol. The monoisotopic (exact) mass is 372 g/mol. The third-order valence-corrected chi connectivity index (χ3v) is 6.39. The van der Waals surface area contributed by atoms with Gasteiger partial charge in [-0.05, 0) is 68.6 Å². The first-order valence-corrected chi connectivity index (χ1v) is 9.90. The van der Waals surface area contributed by atoms with E-state index in [0.717, 1.165) is 23.2 Å². The van der Waals surface area contributed by atoms with E-state index in [0.29, 0.717) is 23.3 Å². The van der Waals surface area contributed by atoms with Gasteiger partial charge in [-0.15, -0.1) is 0 Å². The van der Waals surface area contributed by atoms with E-state index in [1.807, 2.05) is 36.4 Å². The number of thiophene rings is 1. The Morgan fingerprint density at radius 1 is 1.19 bits per heavy atom. The molecule has 2 bridgehead atoms. The van der Waals surface area contributed by atoms with Gasteiger partial charge in [0.25, 0.3) is 5.91 Å². The molecule has 1 amide bonds. The van der Waals surface area contributed by atoms with Crippen molar-refractivity contribution in [3.63, 3.8) is 0 Å². The van der Waals surface area contributed by atoms with E-state index >= 15 is 0 Å². The number of nitrogens with one attached hydrogen (secondary N) is 1. The van der Waals surface area contributed by atoms with Gasteiger partial charge in [0.2, 0.25) is 0 Å². The van der Waals surface area contributed by atoms with Crippen LogP contribution in [0.1, 0.15) is 30.1 Å². The van der Waals surface area contributed by atoms with E-state index in [1.165, 1.54) is 24.2 Å². The topological polar surface area (TPSA) is 50.8 Å². The van der Waals surface area contributed by atoms with Crippen LogP contribution in [0.2, 0.25) is 0 Å². The second-order valence-corrected chi connectivity index (χ2v) is 8.12. The fraction of sp³-hybridized carbons (Fsp3) is 0.450. The molecule has 0 saturated carbocycles. The minimum Gasteiger partial charge on any atom is -0.487 e. The summed E-state index contributed by atoms with van der Waals surface area (Å²) >= 11 is 1.44. The molecule has 3 fully saturated rings. The highest BCUT2D eigenvalue weighted by Gasteiger charge is 2.38. The molecular weight excluding hydrogens is 348 g/mol. The van der Waals surface area contributed by atoms with Gasteiger partial charge < -0.3 is 14.8 Å². The van der Waals surface area contributed by atoms with Crippen LogP contribution in [-0.2, 0) is 0 Å². The zero-order valence-electron chi connectivity index (χ0n) is 15.1. The number of amides is 1. The smallest absolute Gasteiger partial charge is 0.251 e. The Morgan fingerprint density at radius 2 is 1.96 bits per heavy atom. The minimum absolute atomic E-state index is 0.000691. The molecule has 26 heavy (non-hydrogen) atoms. The lowest BCUT2D eigenvalue weighted by Gasteiger charge is -2.48. The molecule has 3 aliphatic heterocycles. The van der Waals surface area contributed by atoms with E-state index in [2.05, 4.69) is 17.1 Å². The second kappa shape index (κ2) is 7.29. The molecule has 0 radical (unpaired) electrons. The third-order valence-electron chi connectivity index (χ3n) is 5.46. The van der Waals surface area contributed by atoms with Crippen LogP contribution in [0.3, 0.4) is 0 Å². The molecule has 5 nitrogen and oxygen atoms in total. The van der Waals surface area contributed by atoms with Crippen molar-refractivity contribution in [1.29, 1.82) is 0 Å².